The summed E-state index contributed by atoms with van der Waals surface area (Å²) in [6.07, 6.45) is 3.06. The summed E-state index contributed by atoms with van der Waals surface area (Å²) in [4.78, 5) is 3.88. The lowest BCUT2D eigenvalue weighted by Crippen LogP contribution is -1.92. The van der Waals surface area contributed by atoms with Gasteiger partial charge in [0.1, 0.15) is 0 Å². The van der Waals surface area contributed by atoms with Crippen LogP contribution in [-0.4, -0.2) is 4.98 Å². The van der Waals surface area contributed by atoms with E-state index in [0.29, 0.717) is 16.8 Å². The van der Waals surface area contributed by atoms with Crippen molar-refractivity contribution in [1.82, 2.24) is 4.98 Å². The van der Waals surface area contributed by atoms with Crippen LogP contribution in [0.15, 0.2) is 36.7 Å². The average molecular weight is 206 g/mol. The monoisotopic (exact) mass is 206 g/mol. The fourth-order valence-corrected chi connectivity index (χ4v) is 1.31. The molecule has 2 rings (SSSR count). The molecular formula is C11H8F2N2. The van der Waals surface area contributed by atoms with E-state index in [1.54, 1.807) is 12.3 Å². The van der Waals surface area contributed by atoms with E-state index in [9.17, 15) is 8.78 Å². The minimum absolute atomic E-state index is 0.482. The van der Waals surface area contributed by atoms with Crippen molar-refractivity contribution in [3.63, 3.8) is 0 Å². The van der Waals surface area contributed by atoms with Gasteiger partial charge in [-0.1, -0.05) is 6.07 Å². The molecule has 15 heavy (non-hydrogen) atoms. The van der Waals surface area contributed by atoms with Crippen LogP contribution >= 0.6 is 0 Å². The molecule has 0 aliphatic rings. The van der Waals surface area contributed by atoms with Crippen LogP contribution in [0.5, 0.6) is 0 Å². The summed E-state index contributed by atoms with van der Waals surface area (Å²) < 4.78 is 25.7. The van der Waals surface area contributed by atoms with Gasteiger partial charge in [0, 0.05) is 23.6 Å². The molecule has 0 aliphatic carbocycles. The Bertz CT molecular complexity index is 498. The van der Waals surface area contributed by atoms with Crippen molar-refractivity contribution in [2.45, 2.75) is 0 Å². The minimum Gasteiger partial charge on any atom is -0.398 e. The zero-order valence-electron chi connectivity index (χ0n) is 7.74. The van der Waals surface area contributed by atoms with E-state index in [1.165, 1.54) is 12.3 Å². The van der Waals surface area contributed by atoms with Gasteiger partial charge in [-0.05, 0) is 23.8 Å². The van der Waals surface area contributed by atoms with Crippen molar-refractivity contribution >= 4 is 5.69 Å². The first-order valence-corrected chi connectivity index (χ1v) is 4.33. The van der Waals surface area contributed by atoms with Gasteiger partial charge in [-0.3, -0.25) is 4.98 Å². The Labute approximate surface area is 85.4 Å². The highest BCUT2D eigenvalue weighted by atomic mass is 19.2. The number of aromatic nitrogens is 1. The minimum atomic E-state index is -0.893. The number of nitrogens with zero attached hydrogens (tertiary/aromatic N) is 1. The van der Waals surface area contributed by atoms with Crippen LogP contribution < -0.4 is 5.73 Å². The Balaban J connectivity index is 2.55. The zero-order chi connectivity index (χ0) is 10.8. The Kier molecular flexibility index (Phi) is 2.33. The highest BCUT2D eigenvalue weighted by molar-refractivity contribution is 5.75. The molecule has 0 spiro atoms. The zero-order valence-corrected chi connectivity index (χ0v) is 7.74. The summed E-state index contributed by atoms with van der Waals surface area (Å²) in [6, 6.07) is 5.24. The molecule has 0 atom stereocenters. The summed E-state index contributed by atoms with van der Waals surface area (Å²) in [5.41, 5.74) is 7.27. The second kappa shape index (κ2) is 3.65. The number of pyridine rings is 1. The predicted molar refractivity (Wildman–Crippen MR) is 54.0 cm³/mol. The third kappa shape index (κ3) is 1.79. The Hall–Kier alpha value is -1.97. The van der Waals surface area contributed by atoms with Gasteiger partial charge >= 0.3 is 0 Å². The van der Waals surface area contributed by atoms with Crippen LogP contribution in [0.4, 0.5) is 14.5 Å². The number of hydrogen-bond donors (Lipinski definition) is 1. The molecule has 0 saturated carbocycles. The van der Waals surface area contributed by atoms with Crippen molar-refractivity contribution in [1.29, 1.82) is 0 Å². The maximum Gasteiger partial charge on any atom is 0.159 e. The molecule has 1 aromatic heterocycles. The molecule has 0 radical (unpaired) electrons. The van der Waals surface area contributed by atoms with Crippen LogP contribution in [0.2, 0.25) is 0 Å². The van der Waals surface area contributed by atoms with E-state index in [1.807, 2.05) is 0 Å². The van der Waals surface area contributed by atoms with Gasteiger partial charge in [-0.25, -0.2) is 8.78 Å². The lowest BCUT2D eigenvalue weighted by Gasteiger charge is -2.04. The summed E-state index contributed by atoms with van der Waals surface area (Å²) in [5.74, 6) is -1.77. The number of anilines is 1. The van der Waals surface area contributed by atoms with E-state index in [0.717, 1.165) is 12.1 Å². The van der Waals surface area contributed by atoms with Crippen LogP contribution in [-0.2, 0) is 0 Å². The molecule has 1 heterocycles. The van der Waals surface area contributed by atoms with Gasteiger partial charge in [0.15, 0.2) is 11.6 Å². The van der Waals surface area contributed by atoms with Crippen molar-refractivity contribution in [2.75, 3.05) is 5.73 Å². The third-order valence-electron chi connectivity index (χ3n) is 2.09. The summed E-state index contributed by atoms with van der Waals surface area (Å²) >= 11 is 0. The Morgan fingerprint density at radius 3 is 2.53 bits per heavy atom. The second-order valence-electron chi connectivity index (χ2n) is 3.09. The normalized spacial score (nSPS) is 10.3. The quantitative estimate of drug-likeness (QED) is 0.778. The fraction of sp³-hybridized carbons (Fsp3) is 0. The van der Waals surface area contributed by atoms with E-state index in [4.69, 9.17) is 5.73 Å². The molecular weight excluding hydrogens is 198 g/mol. The Morgan fingerprint density at radius 1 is 1.07 bits per heavy atom. The number of nitrogens with two attached hydrogens (primary N) is 1. The van der Waals surface area contributed by atoms with Crippen LogP contribution in [0.3, 0.4) is 0 Å². The SMILES string of the molecule is Nc1ccncc1-c1ccc(F)c(F)c1. The van der Waals surface area contributed by atoms with E-state index >= 15 is 0 Å². The lowest BCUT2D eigenvalue weighted by atomic mass is 10.1. The number of hydrogen-bond acceptors (Lipinski definition) is 2. The molecule has 2 N–H and O–H groups in total. The smallest absolute Gasteiger partial charge is 0.159 e. The first-order valence-electron chi connectivity index (χ1n) is 4.33. The molecule has 0 amide bonds. The topological polar surface area (TPSA) is 38.9 Å². The summed E-state index contributed by atoms with van der Waals surface area (Å²) in [5, 5.41) is 0. The number of halogens is 2. The molecule has 2 aromatic rings. The van der Waals surface area contributed by atoms with Gasteiger partial charge < -0.3 is 5.73 Å². The fourth-order valence-electron chi connectivity index (χ4n) is 1.31. The van der Waals surface area contributed by atoms with Gasteiger partial charge in [0.25, 0.3) is 0 Å². The summed E-state index contributed by atoms with van der Waals surface area (Å²) in [7, 11) is 0. The van der Waals surface area contributed by atoms with Crippen molar-refractivity contribution in [2.24, 2.45) is 0 Å². The number of rotatable bonds is 1. The standard InChI is InChI=1S/C11H8F2N2/c12-9-2-1-7(5-10(9)13)8-6-15-4-3-11(8)14/h1-6H,(H2,14,15). The molecule has 2 nitrogen and oxygen atoms in total. The van der Waals surface area contributed by atoms with Gasteiger partial charge in [0.2, 0.25) is 0 Å². The van der Waals surface area contributed by atoms with Crippen molar-refractivity contribution < 1.29 is 8.78 Å². The molecule has 0 saturated heterocycles. The lowest BCUT2D eigenvalue weighted by molar-refractivity contribution is 0.509. The predicted octanol–water partition coefficient (Wildman–Crippen LogP) is 2.61. The molecule has 0 fully saturated rings. The maximum atomic E-state index is 13.0. The van der Waals surface area contributed by atoms with Gasteiger partial charge in [-0.15, -0.1) is 0 Å². The number of benzene rings is 1. The maximum absolute atomic E-state index is 13.0. The molecule has 76 valence electrons. The highest BCUT2D eigenvalue weighted by Crippen LogP contribution is 2.25. The van der Waals surface area contributed by atoms with E-state index in [-0.39, 0.29) is 0 Å². The second-order valence-corrected chi connectivity index (χ2v) is 3.09. The molecule has 0 unspecified atom stereocenters. The van der Waals surface area contributed by atoms with Crippen LogP contribution in [0.25, 0.3) is 11.1 Å². The Morgan fingerprint density at radius 2 is 1.87 bits per heavy atom. The highest BCUT2D eigenvalue weighted by Gasteiger charge is 2.06. The largest absolute Gasteiger partial charge is 0.398 e. The molecule has 4 heteroatoms. The molecule has 1 aromatic carbocycles. The van der Waals surface area contributed by atoms with E-state index < -0.39 is 11.6 Å². The molecule has 0 aliphatic heterocycles. The van der Waals surface area contributed by atoms with Gasteiger partial charge in [0.05, 0.1) is 0 Å². The van der Waals surface area contributed by atoms with Crippen molar-refractivity contribution in [3.8, 4) is 11.1 Å². The van der Waals surface area contributed by atoms with Crippen LogP contribution in [0.1, 0.15) is 0 Å². The van der Waals surface area contributed by atoms with Gasteiger partial charge in [-0.2, -0.15) is 0 Å². The molecule has 0 bridgehead atoms. The third-order valence-corrected chi connectivity index (χ3v) is 2.09. The van der Waals surface area contributed by atoms with Crippen LogP contribution in [0, 0.1) is 11.6 Å². The first-order chi connectivity index (χ1) is 7.18. The first kappa shape index (κ1) is 9.58. The number of nitrogen functional groups attached to an aromatic ring is 1. The average Bonchev–Trinajstić information content (AvgIpc) is 2.23. The van der Waals surface area contributed by atoms with E-state index in [2.05, 4.69) is 4.98 Å². The van der Waals surface area contributed by atoms with Crippen molar-refractivity contribution in [3.05, 3.63) is 48.3 Å². The summed E-state index contributed by atoms with van der Waals surface area (Å²) in [6.45, 7) is 0.